The van der Waals surface area contributed by atoms with Crippen molar-refractivity contribution in [1.29, 1.82) is 0 Å². The van der Waals surface area contributed by atoms with Crippen molar-refractivity contribution in [2.45, 2.75) is 97.7 Å². The van der Waals surface area contributed by atoms with E-state index in [4.69, 9.17) is 4.74 Å². The summed E-state index contributed by atoms with van der Waals surface area (Å²) in [6.45, 7) is 8.61. The summed E-state index contributed by atoms with van der Waals surface area (Å²) in [6, 6.07) is 0. The number of fused-ring (bicyclic) bond motifs is 5. The average molecular weight is 363 g/mol. The topological polar surface area (TPSA) is 46.5 Å². The Morgan fingerprint density at radius 2 is 1.69 bits per heavy atom. The second-order valence-electron chi connectivity index (χ2n) is 10.6. The SMILES string of the molecule is CC(=O)O[C@@H]1CC[C@@]2(C)[C@@H](CC[C@@H]3[C@@H]2CC[C@]2(C)[C@@H]([C@H](C)O)CC[C@@H]32)C1. The maximum absolute atomic E-state index is 11.4. The Morgan fingerprint density at radius 1 is 1.00 bits per heavy atom. The molecule has 0 heterocycles. The molecule has 0 aromatic rings. The average Bonchev–Trinajstić information content (AvgIpc) is 2.92. The van der Waals surface area contributed by atoms with Crippen LogP contribution in [-0.2, 0) is 9.53 Å². The molecule has 9 atom stereocenters. The highest BCUT2D eigenvalue weighted by molar-refractivity contribution is 5.66. The van der Waals surface area contributed by atoms with Gasteiger partial charge in [0.2, 0.25) is 0 Å². The van der Waals surface area contributed by atoms with Gasteiger partial charge in [-0.15, -0.1) is 0 Å². The zero-order chi connectivity index (χ0) is 18.7. The second kappa shape index (κ2) is 6.50. The Labute approximate surface area is 159 Å². The van der Waals surface area contributed by atoms with Crippen LogP contribution in [0.2, 0.25) is 0 Å². The summed E-state index contributed by atoms with van der Waals surface area (Å²) in [7, 11) is 0. The summed E-state index contributed by atoms with van der Waals surface area (Å²) in [4.78, 5) is 11.4. The van der Waals surface area contributed by atoms with Crippen molar-refractivity contribution >= 4 is 5.97 Å². The van der Waals surface area contributed by atoms with Gasteiger partial charge in [-0.1, -0.05) is 13.8 Å². The lowest BCUT2D eigenvalue weighted by Gasteiger charge is -2.61. The van der Waals surface area contributed by atoms with Crippen LogP contribution >= 0.6 is 0 Å². The van der Waals surface area contributed by atoms with Crippen molar-refractivity contribution in [3.63, 3.8) is 0 Å². The molecule has 0 amide bonds. The van der Waals surface area contributed by atoms with E-state index >= 15 is 0 Å². The van der Waals surface area contributed by atoms with Crippen LogP contribution < -0.4 is 0 Å². The summed E-state index contributed by atoms with van der Waals surface area (Å²) >= 11 is 0. The van der Waals surface area contributed by atoms with Crippen molar-refractivity contribution in [2.75, 3.05) is 0 Å². The molecule has 0 saturated heterocycles. The van der Waals surface area contributed by atoms with Crippen molar-refractivity contribution in [2.24, 2.45) is 40.4 Å². The maximum Gasteiger partial charge on any atom is 0.302 e. The number of ether oxygens (including phenoxy) is 1. The molecule has 0 bridgehead atoms. The molecule has 26 heavy (non-hydrogen) atoms. The number of aliphatic hydroxyl groups excluding tert-OH is 1. The van der Waals surface area contributed by atoms with Gasteiger partial charge in [0, 0.05) is 6.92 Å². The predicted octanol–water partition coefficient (Wildman–Crippen LogP) is 4.96. The summed E-state index contributed by atoms with van der Waals surface area (Å²) in [6.07, 6.45) is 11.2. The summed E-state index contributed by atoms with van der Waals surface area (Å²) in [5, 5.41) is 10.4. The fraction of sp³-hybridized carbons (Fsp3) is 0.957. The Morgan fingerprint density at radius 3 is 2.38 bits per heavy atom. The van der Waals surface area contributed by atoms with Gasteiger partial charge in [-0.05, 0) is 105 Å². The Bertz CT molecular complexity index is 558. The third kappa shape index (κ3) is 2.75. The third-order valence-electron chi connectivity index (χ3n) is 9.61. The first-order valence-electron chi connectivity index (χ1n) is 11.1. The van der Waals surface area contributed by atoms with Crippen LogP contribution in [0.4, 0.5) is 0 Å². The van der Waals surface area contributed by atoms with E-state index in [1.807, 2.05) is 6.92 Å². The van der Waals surface area contributed by atoms with E-state index in [0.717, 1.165) is 36.5 Å². The molecule has 0 unspecified atom stereocenters. The van der Waals surface area contributed by atoms with Crippen LogP contribution in [0.25, 0.3) is 0 Å². The molecule has 3 nitrogen and oxygen atoms in total. The smallest absolute Gasteiger partial charge is 0.302 e. The molecule has 148 valence electrons. The molecule has 4 fully saturated rings. The van der Waals surface area contributed by atoms with Crippen LogP contribution in [0.3, 0.4) is 0 Å². The molecule has 4 saturated carbocycles. The lowest BCUT2D eigenvalue weighted by atomic mass is 9.44. The van der Waals surface area contributed by atoms with Gasteiger partial charge < -0.3 is 9.84 Å². The quantitative estimate of drug-likeness (QED) is 0.706. The zero-order valence-electron chi connectivity index (χ0n) is 17.2. The van der Waals surface area contributed by atoms with E-state index < -0.39 is 0 Å². The minimum Gasteiger partial charge on any atom is -0.463 e. The molecule has 0 aliphatic heterocycles. The Hall–Kier alpha value is -0.570. The number of aliphatic hydroxyl groups is 1. The number of rotatable bonds is 2. The number of carbonyl (C=O) groups excluding carboxylic acids is 1. The molecule has 4 aliphatic rings. The molecular formula is C23H38O3. The number of esters is 1. The Balaban J connectivity index is 1.53. The number of hydrogen-bond donors (Lipinski definition) is 1. The lowest BCUT2D eigenvalue weighted by Crippen LogP contribution is -2.54. The van der Waals surface area contributed by atoms with Crippen LogP contribution in [0.15, 0.2) is 0 Å². The highest BCUT2D eigenvalue weighted by Gasteiger charge is 2.60. The minimum absolute atomic E-state index is 0.115. The number of hydrogen-bond acceptors (Lipinski definition) is 3. The first-order chi connectivity index (χ1) is 12.3. The highest BCUT2D eigenvalue weighted by atomic mass is 16.5. The summed E-state index contributed by atoms with van der Waals surface area (Å²) in [5.74, 6) is 3.61. The standard InChI is InChI=1S/C23H38O3/c1-14(24)19-7-8-20-18-6-5-16-13-17(26-15(2)25)9-11-22(16,3)21(18)10-12-23(19,20)4/h14,16-21,24H,5-13H2,1-4H3/t14-,16-,17+,18-,19+,20-,21-,22-,23+/m0/s1. The van der Waals surface area contributed by atoms with Gasteiger partial charge in [-0.2, -0.15) is 0 Å². The molecular weight excluding hydrogens is 324 g/mol. The molecule has 0 aromatic heterocycles. The molecule has 0 radical (unpaired) electrons. The van der Waals surface area contributed by atoms with Crippen molar-refractivity contribution < 1.29 is 14.6 Å². The van der Waals surface area contributed by atoms with Gasteiger partial charge >= 0.3 is 5.97 Å². The summed E-state index contributed by atoms with van der Waals surface area (Å²) < 4.78 is 5.58. The molecule has 3 heteroatoms. The number of carbonyl (C=O) groups is 1. The summed E-state index contributed by atoms with van der Waals surface area (Å²) in [5.41, 5.74) is 0.789. The van der Waals surface area contributed by atoms with Gasteiger partial charge in [0.1, 0.15) is 6.10 Å². The highest BCUT2D eigenvalue weighted by Crippen LogP contribution is 2.67. The fourth-order valence-electron chi connectivity index (χ4n) is 8.39. The van der Waals surface area contributed by atoms with Crippen molar-refractivity contribution in [1.82, 2.24) is 0 Å². The molecule has 1 N–H and O–H groups in total. The molecule has 0 aromatic carbocycles. The second-order valence-corrected chi connectivity index (χ2v) is 10.6. The van der Waals surface area contributed by atoms with Gasteiger partial charge in [0.25, 0.3) is 0 Å². The van der Waals surface area contributed by atoms with Crippen LogP contribution in [-0.4, -0.2) is 23.3 Å². The van der Waals surface area contributed by atoms with Gasteiger partial charge in [0.05, 0.1) is 6.10 Å². The maximum atomic E-state index is 11.4. The van der Waals surface area contributed by atoms with Gasteiger partial charge in [0.15, 0.2) is 0 Å². The third-order valence-corrected chi connectivity index (χ3v) is 9.61. The van der Waals surface area contributed by atoms with E-state index in [1.54, 1.807) is 6.92 Å². The van der Waals surface area contributed by atoms with Gasteiger partial charge in [-0.25, -0.2) is 0 Å². The van der Waals surface area contributed by atoms with Crippen molar-refractivity contribution in [3.8, 4) is 0 Å². The molecule has 4 rings (SSSR count). The van der Waals surface area contributed by atoms with Crippen LogP contribution in [0.5, 0.6) is 0 Å². The monoisotopic (exact) mass is 362 g/mol. The zero-order valence-corrected chi connectivity index (χ0v) is 17.2. The van der Waals surface area contributed by atoms with E-state index in [0.29, 0.717) is 16.7 Å². The first kappa shape index (κ1) is 18.8. The molecule has 4 aliphatic carbocycles. The normalized spacial score (nSPS) is 51.7. The predicted molar refractivity (Wildman–Crippen MR) is 102 cm³/mol. The van der Waals surface area contributed by atoms with E-state index in [2.05, 4.69) is 13.8 Å². The first-order valence-corrected chi connectivity index (χ1v) is 11.1. The van der Waals surface area contributed by atoms with Crippen molar-refractivity contribution in [3.05, 3.63) is 0 Å². The van der Waals surface area contributed by atoms with Crippen LogP contribution in [0, 0.1) is 40.4 Å². The van der Waals surface area contributed by atoms with Crippen LogP contribution in [0.1, 0.15) is 85.5 Å². The van der Waals surface area contributed by atoms with E-state index in [1.165, 1.54) is 44.9 Å². The largest absolute Gasteiger partial charge is 0.463 e. The lowest BCUT2D eigenvalue weighted by molar-refractivity contribution is -0.161. The van der Waals surface area contributed by atoms with E-state index in [-0.39, 0.29) is 18.2 Å². The Kier molecular flexibility index (Phi) is 4.69. The molecule has 0 spiro atoms. The van der Waals surface area contributed by atoms with E-state index in [9.17, 15) is 9.90 Å². The fourth-order valence-corrected chi connectivity index (χ4v) is 8.39. The minimum atomic E-state index is -0.160. The van der Waals surface area contributed by atoms with Gasteiger partial charge in [-0.3, -0.25) is 4.79 Å².